The summed E-state index contributed by atoms with van der Waals surface area (Å²) in [6.45, 7) is 1.76. The van der Waals surface area contributed by atoms with Gasteiger partial charge in [0.25, 0.3) is 5.88 Å². The minimum Gasteiger partial charge on any atom is -0.422 e. The molecule has 0 saturated carbocycles. The van der Waals surface area contributed by atoms with Gasteiger partial charge in [-0.05, 0) is 17.7 Å². The summed E-state index contributed by atoms with van der Waals surface area (Å²) in [4.78, 5) is 8.85. The lowest BCUT2D eigenvalue weighted by Crippen LogP contribution is -2.06. The van der Waals surface area contributed by atoms with E-state index in [1.54, 1.807) is 25.1 Å². The van der Waals surface area contributed by atoms with Crippen LogP contribution in [0.1, 0.15) is 12.5 Å². The smallest absolute Gasteiger partial charge is 0.251 e. The van der Waals surface area contributed by atoms with Crippen molar-refractivity contribution in [2.45, 2.75) is 17.8 Å². The van der Waals surface area contributed by atoms with E-state index in [4.69, 9.17) is 4.74 Å². The number of aromatic nitrogens is 3. The first-order valence-electron chi connectivity index (χ1n) is 7.64. The zero-order valence-electron chi connectivity index (χ0n) is 13.3. The quantitative estimate of drug-likeness (QED) is 0.653. The summed E-state index contributed by atoms with van der Waals surface area (Å²) in [5, 5.41) is 8.84. The Kier molecular flexibility index (Phi) is 4.15. The van der Waals surface area contributed by atoms with Crippen LogP contribution in [0.25, 0.3) is 11.3 Å². The van der Waals surface area contributed by atoms with Gasteiger partial charge >= 0.3 is 0 Å². The van der Waals surface area contributed by atoms with Crippen molar-refractivity contribution < 1.29 is 9.13 Å². The molecule has 0 fully saturated rings. The minimum absolute atomic E-state index is 0.245. The molecule has 124 valence electrons. The highest BCUT2D eigenvalue weighted by atomic mass is 32.2. The van der Waals surface area contributed by atoms with Crippen molar-refractivity contribution in [3.8, 4) is 17.1 Å². The SMILES string of the molecule is CC1=Nc2ccccc2-c2nnc(SCc3ccccc3F)nc2O1. The molecule has 0 atom stereocenters. The molecule has 2 aromatic carbocycles. The number of aliphatic imine (C=N–C) groups is 1. The molecule has 0 saturated heterocycles. The molecule has 0 unspecified atom stereocenters. The Morgan fingerprint density at radius 3 is 2.72 bits per heavy atom. The van der Waals surface area contributed by atoms with E-state index in [0.717, 1.165) is 11.3 Å². The van der Waals surface area contributed by atoms with E-state index >= 15 is 0 Å². The van der Waals surface area contributed by atoms with Crippen molar-refractivity contribution in [2.24, 2.45) is 4.99 Å². The minimum atomic E-state index is -0.245. The summed E-state index contributed by atoms with van der Waals surface area (Å²) in [6.07, 6.45) is 0. The number of nitrogens with zero attached hydrogens (tertiary/aromatic N) is 4. The molecule has 1 aliphatic rings. The Labute approximate surface area is 148 Å². The van der Waals surface area contributed by atoms with Crippen molar-refractivity contribution in [2.75, 3.05) is 0 Å². The first-order valence-corrected chi connectivity index (χ1v) is 8.63. The van der Waals surface area contributed by atoms with E-state index in [2.05, 4.69) is 20.2 Å². The van der Waals surface area contributed by atoms with Crippen molar-refractivity contribution >= 4 is 23.3 Å². The summed E-state index contributed by atoms with van der Waals surface area (Å²) in [5.41, 5.74) is 2.73. The van der Waals surface area contributed by atoms with Gasteiger partial charge in [0, 0.05) is 18.2 Å². The van der Waals surface area contributed by atoms with Crippen molar-refractivity contribution in [3.63, 3.8) is 0 Å². The van der Waals surface area contributed by atoms with Crippen LogP contribution in [0.2, 0.25) is 0 Å². The topological polar surface area (TPSA) is 60.3 Å². The third-order valence-corrected chi connectivity index (χ3v) is 4.52. The highest BCUT2D eigenvalue weighted by Gasteiger charge is 2.20. The van der Waals surface area contributed by atoms with Crippen LogP contribution in [0, 0.1) is 5.82 Å². The van der Waals surface area contributed by atoms with Crippen molar-refractivity contribution in [1.29, 1.82) is 0 Å². The summed E-state index contributed by atoms with van der Waals surface area (Å²) < 4.78 is 19.4. The van der Waals surface area contributed by atoms with Crippen LogP contribution >= 0.6 is 11.8 Å². The lowest BCUT2D eigenvalue weighted by atomic mass is 10.1. The zero-order valence-corrected chi connectivity index (χ0v) is 14.1. The molecular formula is C18H13FN4OS. The summed E-state index contributed by atoms with van der Waals surface area (Å²) >= 11 is 1.31. The number of benzene rings is 2. The molecule has 3 aromatic rings. The predicted molar refractivity (Wildman–Crippen MR) is 94.6 cm³/mol. The monoisotopic (exact) mass is 352 g/mol. The molecule has 1 aliphatic heterocycles. The van der Waals surface area contributed by atoms with Gasteiger partial charge in [-0.1, -0.05) is 48.2 Å². The average molecular weight is 352 g/mol. The number of ether oxygens (including phenoxy) is 1. The van der Waals surface area contributed by atoms with Crippen LogP contribution in [0.3, 0.4) is 0 Å². The van der Waals surface area contributed by atoms with Crippen LogP contribution in [-0.4, -0.2) is 21.1 Å². The number of hydrogen-bond acceptors (Lipinski definition) is 6. The second kappa shape index (κ2) is 6.60. The Morgan fingerprint density at radius 1 is 1.04 bits per heavy atom. The molecular weight excluding hydrogens is 339 g/mol. The number of rotatable bonds is 3. The van der Waals surface area contributed by atoms with Gasteiger partial charge < -0.3 is 4.74 Å². The van der Waals surface area contributed by atoms with E-state index in [9.17, 15) is 4.39 Å². The fraction of sp³-hybridized carbons (Fsp3) is 0.111. The van der Waals surface area contributed by atoms with Gasteiger partial charge in [0.05, 0.1) is 5.69 Å². The molecule has 1 aromatic heterocycles. The summed E-state index contributed by atoms with van der Waals surface area (Å²) in [6, 6.07) is 14.2. The largest absolute Gasteiger partial charge is 0.422 e. The molecule has 0 N–H and O–H groups in total. The first-order chi connectivity index (χ1) is 12.2. The molecule has 0 radical (unpaired) electrons. The van der Waals surface area contributed by atoms with E-state index in [1.165, 1.54) is 17.8 Å². The molecule has 25 heavy (non-hydrogen) atoms. The Morgan fingerprint density at radius 2 is 1.84 bits per heavy atom. The zero-order chi connectivity index (χ0) is 17.2. The summed E-state index contributed by atoms with van der Waals surface area (Å²) in [7, 11) is 0. The highest BCUT2D eigenvalue weighted by Crippen LogP contribution is 2.36. The second-order valence-electron chi connectivity index (χ2n) is 5.38. The number of thioether (sulfide) groups is 1. The van der Waals surface area contributed by atoms with E-state index in [0.29, 0.717) is 33.9 Å². The first kappa shape index (κ1) is 15.7. The van der Waals surface area contributed by atoms with Gasteiger partial charge in [0.1, 0.15) is 5.82 Å². The fourth-order valence-corrected chi connectivity index (χ4v) is 3.23. The van der Waals surface area contributed by atoms with Gasteiger partial charge in [0.2, 0.25) is 5.16 Å². The normalized spacial score (nSPS) is 12.5. The molecule has 4 rings (SSSR count). The van der Waals surface area contributed by atoms with E-state index < -0.39 is 0 Å². The standard InChI is InChI=1S/C18H13FN4OS/c1-11-20-15-9-5-3-7-13(15)16-17(24-11)21-18(23-22-16)25-10-12-6-2-4-8-14(12)19/h2-9H,10H2,1H3. The number of hydrogen-bond donors (Lipinski definition) is 0. The molecule has 5 nitrogen and oxygen atoms in total. The fourth-order valence-electron chi connectivity index (χ4n) is 2.46. The van der Waals surface area contributed by atoms with Crippen LogP contribution in [-0.2, 0) is 5.75 Å². The lowest BCUT2D eigenvalue weighted by Gasteiger charge is -2.07. The van der Waals surface area contributed by atoms with Gasteiger partial charge in [-0.2, -0.15) is 4.98 Å². The number of halogens is 1. The van der Waals surface area contributed by atoms with Gasteiger partial charge in [-0.25, -0.2) is 9.38 Å². The third kappa shape index (κ3) is 3.23. The van der Waals surface area contributed by atoms with E-state index in [1.807, 2.05) is 24.3 Å². The van der Waals surface area contributed by atoms with Crippen LogP contribution < -0.4 is 4.74 Å². The van der Waals surface area contributed by atoms with Crippen LogP contribution in [0.15, 0.2) is 58.7 Å². The predicted octanol–water partition coefficient (Wildman–Crippen LogP) is 4.41. The molecule has 0 spiro atoms. The number of para-hydroxylation sites is 1. The Balaban J connectivity index is 1.65. The van der Waals surface area contributed by atoms with Crippen LogP contribution in [0.4, 0.5) is 10.1 Å². The molecule has 2 heterocycles. The van der Waals surface area contributed by atoms with Crippen molar-refractivity contribution in [3.05, 3.63) is 59.9 Å². The molecule has 0 amide bonds. The van der Waals surface area contributed by atoms with Gasteiger partial charge in [0.15, 0.2) is 11.6 Å². The summed E-state index contributed by atoms with van der Waals surface area (Å²) in [5.74, 6) is 1.01. The maximum atomic E-state index is 13.7. The maximum absolute atomic E-state index is 13.7. The van der Waals surface area contributed by atoms with Crippen LogP contribution in [0.5, 0.6) is 5.88 Å². The van der Waals surface area contributed by atoms with Gasteiger partial charge in [-0.3, -0.25) is 0 Å². The van der Waals surface area contributed by atoms with Gasteiger partial charge in [-0.15, -0.1) is 10.2 Å². The number of fused-ring (bicyclic) bond motifs is 3. The van der Waals surface area contributed by atoms with E-state index in [-0.39, 0.29) is 5.82 Å². The molecule has 0 aliphatic carbocycles. The second-order valence-corrected chi connectivity index (χ2v) is 6.32. The molecule has 7 heteroatoms. The lowest BCUT2D eigenvalue weighted by molar-refractivity contribution is 0.511. The highest BCUT2D eigenvalue weighted by molar-refractivity contribution is 7.98. The Hall–Kier alpha value is -2.80. The Bertz CT molecular complexity index is 977. The average Bonchev–Trinajstić information content (AvgIpc) is 2.75. The third-order valence-electron chi connectivity index (χ3n) is 3.63. The molecule has 0 bridgehead atoms. The van der Waals surface area contributed by atoms with Crippen molar-refractivity contribution in [1.82, 2.24) is 15.2 Å². The maximum Gasteiger partial charge on any atom is 0.251 e.